The Morgan fingerprint density at radius 3 is 2.52 bits per heavy atom. The molecule has 0 atom stereocenters. The van der Waals surface area contributed by atoms with Gasteiger partial charge in [0.05, 0.1) is 17.3 Å². The Hall–Kier alpha value is -1.58. The molecule has 0 saturated heterocycles. The van der Waals surface area contributed by atoms with E-state index in [0.29, 0.717) is 29.7 Å². The zero-order valence-electron chi connectivity index (χ0n) is 17.0. The molecule has 4 nitrogen and oxygen atoms in total. The molecule has 29 heavy (non-hydrogen) atoms. The summed E-state index contributed by atoms with van der Waals surface area (Å²) in [7, 11) is -1.15. The number of fused-ring (bicyclic) bond motifs is 1. The maximum Gasteiger partial charge on any atom is 0.418 e. The van der Waals surface area contributed by atoms with E-state index in [9.17, 15) is 13.2 Å². The second-order valence-electron chi connectivity index (χ2n) is 8.29. The molecular weight excluding hydrogens is 463 g/mol. The number of ether oxygens (including phenoxy) is 1. The van der Waals surface area contributed by atoms with E-state index < -0.39 is 19.8 Å². The Kier molecular flexibility index (Phi) is 6.31. The van der Waals surface area contributed by atoms with Crippen LogP contribution in [0.3, 0.4) is 0 Å². The Bertz CT molecular complexity index is 1000. The van der Waals surface area contributed by atoms with Crippen LogP contribution in [0.1, 0.15) is 12.5 Å². The van der Waals surface area contributed by atoms with Gasteiger partial charge >= 0.3 is 6.18 Å². The quantitative estimate of drug-likeness (QED) is 0.277. The van der Waals surface area contributed by atoms with Gasteiger partial charge < -0.3 is 9.30 Å². The number of aryl methyl sites for hydroxylation is 1. The number of hydrogen-bond donors (Lipinski definition) is 0. The van der Waals surface area contributed by atoms with E-state index in [0.717, 1.165) is 23.2 Å². The van der Waals surface area contributed by atoms with Crippen LogP contribution in [0.25, 0.3) is 22.0 Å². The first-order valence-electron chi connectivity index (χ1n) is 9.50. The van der Waals surface area contributed by atoms with Gasteiger partial charge in [-0.2, -0.15) is 18.3 Å². The van der Waals surface area contributed by atoms with Crippen molar-refractivity contribution in [3.63, 3.8) is 0 Å². The Morgan fingerprint density at radius 1 is 1.17 bits per heavy atom. The molecule has 3 rings (SSSR count). The van der Waals surface area contributed by atoms with Crippen molar-refractivity contribution in [2.45, 2.75) is 52.1 Å². The SMILES string of the molecule is CCn1cc(-c2cnn(COCC[Si](C)(C)C)c2)c2cc(Br)cc(C(F)(F)F)c21. The van der Waals surface area contributed by atoms with Gasteiger partial charge in [-0.3, -0.25) is 0 Å². The van der Waals surface area contributed by atoms with Gasteiger partial charge in [0.2, 0.25) is 0 Å². The monoisotopic (exact) mass is 487 g/mol. The molecule has 0 aliphatic heterocycles. The van der Waals surface area contributed by atoms with Crippen molar-refractivity contribution >= 4 is 34.9 Å². The maximum absolute atomic E-state index is 13.6. The van der Waals surface area contributed by atoms with E-state index in [2.05, 4.69) is 40.7 Å². The van der Waals surface area contributed by atoms with E-state index in [1.807, 2.05) is 13.1 Å². The van der Waals surface area contributed by atoms with E-state index >= 15 is 0 Å². The van der Waals surface area contributed by atoms with Gasteiger partial charge in [0.1, 0.15) is 6.73 Å². The standard InChI is InChI=1S/C20H25BrF3N3OSi/c1-5-26-12-17(16-8-15(21)9-18(19(16)26)20(22,23)24)14-10-25-27(11-14)13-28-6-7-29(2,3)4/h8-12H,5-7,13H2,1-4H3. The topological polar surface area (TPSA) is 32.0 Å². The van der Waals surface area contributed by atoms with Crippen LogP contribution in [-0.2, 0) is 24.2 Å². The molecule has 2 heterocycles. The summed E-state index contributed by atoms with van der Waals surface area (Å²) in [6.07, 6.45) is 0.820. The lowest BCUT2D eigenvalue weighted by Crippen LogP contribution is -2.22. The van der Waals surface area contributed by atoms with Crippen LogP contribution in [0.15, 0.2) is 35.2 Å². The van der Waals surface area contributed by atoms with Gasteiger partial charge in [0.25, 0.3) is 0 Å². The first-order chi connectivity index (χ1) is 13.5. The highest BCUT2D eigenvalue weighted by molar-refractivity contribution is 9.10. The average Bonchev–Trinajstić information content (AvgIpc) is 3.20. The molecule has 0 aliphatic carbocycles. The molecule has 0 spiro atoms. The molecular formula is C20H25BrF3N3OSi. The fraction of sp³-hybridized carbons (Fsp3) is 0.450. The van der Waals surface area contributed by atoms with E-state index in [1.165, 1.54) is 0 Å². The summed E-state index contributed by atoms with van der Waals surface area (Å²) in [5, 5.41) is 4.87. The van der Waals surface area contributed by atoms with Crippen LogP contribution in [0.4, 0.5) is 13.2 Å². The van der Waals surface area contributed by atoms with Crippen molar-refractivity contribution in [3.05, 3.63) is 40.8 Å². The number of rotatable bonds is 7. The minimum absolute atomic E-state index is 0.192. The first kappa shape index (κ1) is 22.1. The van der Waals surface area contributed by atoms with Gasteiger partial charge in [0.15, 0.2) is 0 Å². The molecule has 2 aromatic heterocycles. The predicted octanol–water partition coefficient (Wildman–Crippen LogP) is 6.62. The first-order valence-corrected chi connectivity index (χ1v) is 14.0. The molecule has 0 aliphatic rings. The van der Waals surface area contributed by atoms with Gasteiger partial charge in [-0.05, 0) is 25.1 Å². The van der Waals surface area contributed by atoms with Crippen LogP contribution in [-0.4, -0.2) is 29.0 Å². The molecule has 1 aromatic carbocycles. The molecule has 0 radical (unpaired) electrons. The minimum Gasteiger partial charge on any atom is -0.360 e. The summed E-state index contributed by atoms with van der Waals surface area (Å²) in [5.41, 5.74) is 1.04. The van der Waals surface area contributed by atoms with E-state index in [-0.39, 0.29) is 5.52 Å². The molecule has 158 valence electrons. The molecule has 3 aromatic rings. The predicted molar refractivity (Wildman–Crippen MR) is 116 cm³/mol. The van der Waals surface area contributed by atoms with Crippen LogP contribution >= 0.6 is 15.9 Å². The lowest BCUT2D eigenvalue weighted by atomic mass is 10.1. The lowest BCUT2D eigenvalue weighted by molar-refractivity contribution is -0.136. The van der Waals surface area contributed by atoms with Crippen molar-refractivity contribution in [2.75, 3.05) is 6.61 Å². The van der Waals surface area contributed by atoms with Crippen LogP contribution < -0.4 is 0 Å². The second kappa shape index (κ2) is 8.27. The van der Waals surface area contributed by atoms with Gasteiger partial charge in [-0.25, -0.2) is 4.68 Å². The van der Waals surface area contributed by atoms with Gasteiger partial charge in [-0.15, -0.1) is 0 Å². The Balaban J connectivity index is 1.93. The summed E-state index contributed by atoms with van der Waals surface area (Å²) in [6, 6.07) is 3.93. The molecule has 9 heteroatoms. The third kappa shape index (κ3) is 5.13. The number of aromatic nitrogens is 3. The highest BCUT2D eigenvalue weighted by atomic mass is 79.9. The summed E-state index contributed by atoms with van der Waals surface area (Å²) in [4.78, 5) is 0. The smallest absolute Gasteiger partial charge is 0.360 e. The zero-order chi connectivity index (χ0) is 21.4. The zero-order valence-corrected chi connectivity index (χ0v) is 19.6. The maximum atomic E-state index is 13.6. The van der Waals surface area contributed by atoms with Crippen molar-refractivity contribution in [2.24, 2.45) is 0 Å². The number of alkyl halides is 3. The molecule has 0 fully saturated rings. The van der Waals surface area contributed by atoms with Crippen molar-refractivity contribution < 1.29 is 17.9 Å². The summed E-state index contributed by atoms with van der Waals surface area (Å²) in [5.74, 6) is 0. The molecule has 0 bridgehead atoms. The van der Waals surface area contributed by atoms with Crippen LogP contribution in [0, 0.1) is 0 Å². The highest BCUT2D eigenvalue weighted by Crippen LogP contribution is 2.41. The summed E-state index contributed by atoms with van der Waals surface area (Å²) in [6.45, 7) is 10.2. The number of nitrogens with zero attached hydrogens (tertiary/aromatic N) is 3. The normalized spacial score (nSPS) is 12.8. The van der Waals surface area contributed by atoms with Crippen molar-refractivity contribution in [1.29, 1.82) is 0 Å². The fourth-order valence-electron chi connectivity index (χ4n) is 3.21. The van der Waals surface area contributed by atoms with E-state index in [1.54, 1.807) is 27.7 Å². The Labute approximate surface area is 177 Å². The average molecular weight is 488 g/mol. The second-order valence-corrected chi connectivity index (χ2v) is 14.8. The van der Waals surface area contributed by atoms with Crippen molar-refractivity contribution in [3.8, 4) is 11.1 Å². The summed E-state index contributed by atoms with van der Waals surface area (Å²) >= 11 is 3.23. The third-order valence-corrected chi connectivity index (χ3v) is 6.91. The van der Waals surface area contributed by atoms with E-state index in [4.69, 9.17) is 4.74 Å². The Morgan fingerprint density at radius 2 is 1.90 bits per heavy atom. The lowest BCUT2D eigenvalue weighted by Gasteiger charge is -2.15. The van der Waals surface area contributed by atoms with Crippen LogP contribution in [0.5, 0.6) is 0 Å². The van der Waals surface area contributed by atoms with Crippen molar-refractivity contribution in [1.82, 2.24) is 14.3 Å². The largest absolute Gasteiger partial charge is 0.418 e. The number of benzene rings is 1. The minimum atomic E-state index is -4.43. The molecule has 0 saturated carbocycles. The fourth-order valence-corrected chi connectivity index (χ4v) is 4.42. The molecule has 0 N–H and O–H groups in total. The number of hydrogen-bond acceptors (Lipinski definition) is 2. The highest BCUT2D eigenvalue weighted by Gasteiger charge is 2.35. The molecule has 0 unspecified atom stereocenters. The van der Waals surface area contributed by atoms with Gasteiger partial charge in [0, 0.05) is 54.6 Å². The number of halogens is 4. The summed E-state index contributed by atoms with van der Waals surface area (Å²) < 4.78 is 50.3. The van der Waals surface area contributed by atoms with Gasteiger partial charge in [-0.1, -0.05) is 35.6 Å². The molecule has 0 amide bonds. The third-order valence-electron chi connectivity index (χ3n) is 4.75. The van der Waals surface area contributed by atoms with Crippen LogP contribution in [0.2, 0.25) is 25.7 Å².